The van der Waals surface area contributed by atoms with Crippen LogP contribution in [-0.4, -0.2) is 43.4 Å². The second kappa shape index (κ2) is 8.70. The number of aromatic nitrogens is 1. The number of nitrogens with zero attached hydrogens (tertiary/aromatic N) is 2. The Hall–Kier alpha value is -2.50. The number of piperidine rings is 1. The Morgan fingerprint density at radius 2 is 1.80 bits per heavy atom. The molecule has 0 amide bonds. The number of nitrogens with one attached hydrogen (secondary N) is 1. The number of rotatable bonds is 5. The molecule has 4 nitrogen and oxygen atoms in total. The van der Waals surface area contributed by atoms with Crippen molar-refractivity contribution in [1.29, 1.82) is 0 Å². The van der Waals surface area contributed by atoms with Gasteiger partial charge in [-0.1, -0.05) is 30.3 Å². The third-order valence-electron chi connectivity index (χ3n) is 6.56. The van der Waals surface area contributed by atoms with Crippen LogP contribution in [0.5, 0.6) is 0 Å². The summed E-state index contributed by atoms with van der Waals surface area (Å²) in [7, 11) is 0. The predicted molar refractivity (Wildman–Crippen MR) is 118 cm³/mol. The molecular weight excluding hydrogens is 377 g/mol. The molecule has 156 valence electrons. The molecule has 0 bridgehead atoms. The second-order valence-electron chi connectivity index (χ2n) is 8.47. The van der Waals surface area contributed by atoms with E-state index in [1.807, 2.05) is 24.4 Å². The molecule has 30 heavy (non-hydrogen) atoms. The lowest BCUT2D eigenvalue weighted by Gasteiger charge is -2.36. The van der Waals surface area contributed by atoms with Gasteiger partial charge in [0.15, 0.2) is 0 Å². The molecule has 2 saturated heterocycles. The number of hydrogen-bond donors (Lipinski definition) is 1. The van der Waals surface area contributed by atoms with Crippen LogP contribution in [0, 0.1) is 11.7 Å². The zero-order valence-corrected chi connectivity index (χ0v) is 17.1. The third kappa shape index (κ3) is 4.05. The lowest BCUT2D eigenvalue weighted by Crippen LogP contribution is -2.49. The maximum atomic E-state index is 14.1. The smallest absolute Gasteiger partial charge is 0.146 e. The molecule has 2 aliphatic heterocycles. The van der Waals surface area contributed by atoms with E-state index in [4.69, 9.17) is 4.74 Å². The molecule has 0 aliphatic carbocycles. The fourth-order valence-corrected chi connectivity index (χ4v) is 4.90. The summed E-state index contributed by atoms with van der Waals surface area (Å²) in [6.07, 6.45) is 4.95. The van der Waals surface area contributed by atoms with Crippen molar-refractivity contribution in [3.8, 4) is 0 Å². The van der Waals surface area contributed by atoms with Crippen LogP contribution in [0.3, 0.4) is 0 Å². The Kier molecular flexibility index (Phi) is 5.65. The van der Waals surface area contributed by atoms with Crippen LogP contribution in [-0.2, 0) is 11.2 Å². The molecule has 2 aliphatic rings. The maximum absolute atomic E-state index is 14.1. The Labute approximate surface area is 177 Å². The van der Waals surface area contributed by atoms with E-state index >= 15 is 0 Å². The van der Waals surface area contributed by atoms with E-state index in [0.29, 0.717) is 18.0 Å². The fraction of sp³-hybridized carbons (Fsp3) is 0.400. The van der Waals surface area contributed by atoms with E-state index in [2.05, 4.69) is 39.5 Å². The van der Waals surface area contributed by atoms with Crippen LogP contribution in [0.1, 0.15) is 18.4 Å². The minimum absolute atomic E-state index is 0.127. The summed E-state index contributed by atoms with van der Waals surface area (Å²) >= 11 is 0. The van der Waals surface area contributed by atoms with Crippen LogP contribution in [0.25, 0.3) is 10.9 Å². The van der Waals surface area contributed by atoms with Gasteiger partial charge >= 0.3 is 0 Å². The summed E-state index contributed by atoms with van der Waals surface area (Å²) in [5.74, 6) is 0.332. The monoisotopic (exact) mass is 405 g/mol. The summed E-state index contributed by atoms with van der Waals surface area (Å²) in [6.45, 7) is 3.32. The topological polar surface area (TPSA) is 37.4 Å². The highest BCUT2D eigenvalue weighted by atomic mass is 19.1. The van der Waals surface area contributed by atoms with Crippen molar-refractivity contribution in [1.82, 2.24) is 10.3 Å². The standard InChI is InChI=1S/C25H28FN3O/c26-22-6-2-4-8-25(22)29-13-10-20(11-14-29)28-24-17-30-16-19(24)15-18-9-12-27-23-7-3-1-5-21(18)23/h1-9,12,19-20,24,28H,10-11,13-17H2. The van der Waals surface area contributed by atoms with E-state index in [0.717, 1.165) is 56.8 Å². The van der Waals surface area contributed by atoms with Gasteiger partial charge < -0.3 is 15.0 Å². The largest absolute Gasteiger partial charge is 0.379 e. The van der Waals surface area contributed by atoms with Crippen LogP contribution in [0.4, 0.5) is 10.1 Å². The summed E-state index contributed by atoms with van der Waals surface area (Å²) in [6, 6.07) is 18.4. The van der Waals surface area contributed by atoms with Gasteiger partial charge in [0.2, 0.25) is 0 Å². The molecule has 0 saturated carbocycles. The lowest BCUT2D eigenvalue weighted by molar-refractivity contribution is 0.181. The number of fused-ring (bicyclic) bond motifs is 1. The second-order valence-corrected chi connectivity index (χ2v) is 8.47. The molecule has 0 radical (unpaired) electrons. The van der Waals surface area contributed by atoms with Gasteiger partial charge in [-0.2, -0.15) is 0 Å². The first-order valence-electron chi connectivity index (χ1n) is 10.9. The predicted octanol–water partition coefficient (Wildman–Crippen LogP) is 4.19. The summed E-state index contributed by atoms with van der Waals surface area (Å²) in [5, 5.41) is 5.10. The van der Waals surface area contributed by atoms with E-state index in [-0.39, 0.29) is 5.82 Å². The Bertz CT molecular complexity index is 997. The molecule has 3 aromatic rings. The van der Waals surface area contributed by atoms with Crippen molar-refractivity contribution in [3.63, 3.8) is 0 Å². The molecular formula is C25H28FN3O. The van der Waals surface area contributed by atoms with Crippen molar-refractivity contribution in [2.45, 2.75) is 31.3 Å². The summed E-state index contributed by atoms with van der Waals surface area (Å²) in [5.41, 5.74) is 3.12. The van der Waals surface area contributed by atoms with Gasteiger partial charge in [0.25, 0.3) is 0 Å². The molecule has 5 rings (SSSR count). The molecule has 2 unspecified atom stereocenters. The number of anilines is 1. The first kappa shape index (κ1) is 19.5. The van der Waals surface area contributed by atoms with Gasteiger partial charge in [-0.3, -0.25) is 4.98 Å². The molecule has 3 heterocycles. The van der Waals surface area contributed by atoms with Gasteiger partial charge in [0, 0.05) is 42.7 Å². The van der Waals surface area contributed by atoms with E-state index in [9.17, 15) is 4.39 Å². The van der Waals surface area contributed by atoms with E-state index in [1.165, 1.54) is 10.9 Å². The van der Waals surface area contributed by atoms with Gasteiger partial charge in [-0.05, 0) is 49.1 Å². The highest BCUT2D eigenvalue weighted by Gasteiger charge is 2.31. The Balaban J connectivity index is 1.21. The molecule has 1 aromatic heterocycles. The first-order valence-corrected chi connectivity index (χ1v) is 10.9. The molecule has 5 heteroatoms. The Morgan fingerprint density at radius 1 is 1.00 bits per heavy atom. The van der Waals surface area contributed by atoms with Crippen molar-refractivity contribution in [2.75, 3.05) is 31.2 Å². The average Bonchev–Trinajstić information content (AvgIpc) is 3.21. The number of ether oxygens (including phenoxy) is 1. The van der Waals surface area contributed by atoms with Gasteiger partial charge in [0.05, 0.1) is 24.4 Å². The quantitative estimate of drug-likeness (QED) is 0.691. The average molecular weight is 406 g/mol. The number of pyridine rings is 1. The molecule has 2 atom stereocenters. The van der Waals surface area contributed by atoms with Crippen LogP contribution >= 0.6 is 0 Å². The molecule has 1 N–H and O–H groups in total. The van der Waals surface area contributed by atoms with Crippen molar-refractivity contribution in [2.24, 2.45) is 5.92 Å². The van der Waals surface area contributed by atoms with E-state index in [1.54, 1.807) is 12.1 Å². The van der Waals surface area contributed by atoms with Crippen molar-refractivity contribution >= 4 is 16.6 Å². The SMILES string of the molecule is Fc1ccccc1N1CCC(NC2COCC2Cc2ccnc3ccccc23)CC1. The van der Waals surface area contributed by atoms with Crippen molar-refractivity contribution < 1.29 is 9.13 Å². The minimum atomic E-state index is -0.127. The van der Waals surface area contributed by atoms with Crippen LogP contribution in [0.2, 0.25) is 0 Å². The molecule has 2 aromatic carbocycles. The zero-order chi connectivity index (χ0) is 20.3. The minimum Gasteiger partial charge on any atom is -0.379 e. The lowest BCUT2D eigenvalue weighted by atomic mass is 9.92. The highest BCUT2D eigenvalue weighted by molar-refractivity contribution is 5.81. The zero-order valence-electron chi connectivity index (χ0n) is 17.1. The molecule has 0 spiro atoms. The number of hydrogen-bond acceptors (Lipinski definition) is 4. The van der Waals surface area contributed by atoms with Crippen molar-refractivity contribution in [3.05, 3.63) is 72.2 Å². The number of para-hydroxylation sites is 2. The van der Waals surface area contributed by atoms with Crippen LogP contribution in [0.15, 0.2) is 60.8 Å². The van der Waals surface area contributed by atoms with Gasteiger partial charge in [-0.15, -0.1) is 0 Å². The maximum Gasteiger partial charge on any atom is 0.146 e. The van der Waals surface area contributed by atoms with Crippen LogP contribution < -0.4 is 10.2 Å². The first-order chi connectivity index (χ1) is 14.8. The fourth-order valence-electron chi connectivity index (χ4n) is 4.90. The third-order valence-corrected chi connectivity index (χ3v) is 6.56. The summed E-state index contributed by atoms with van der Waals surface area (Å²) < 4.78 is 20.0. The Morgan fingerprint density at radius 3 is 2.67 bits per heavy atom. The molecule has 2 fully saturated rings. The normalized spacial score (nSPS) is 22.6. The van der Waals surface area contributed by atoms with Gasteiger partial charge in [0.1, 0.15) is 5.82 Å². The highest BCUT2D eigenvalue weighted by Crippen LogP contribution is 2.27. The number of benzene rings is 2. The number of halogens is 1. The van der Waals surface area contributed by atoms with E-state index < -0.39 is 0 Å². The summed E-state index contributed by atoms with van der Waals surface area (Å²) in [4.78, 5) is 6.66. The van der Waals surface area contributed by atoms with Gasteiger partial charge in [-0.25, -0.2) is 4.39 Å².